The summed E-state index contributed by atoms with van der Waals surface area (Å²) in [6.45, 7) is 3.05. The lowest BCUT2D eigenvalue weighted by molar-refractivity contribution is -0.253. The Bertz CT molecular complexity index is 1410. The molecule has 46 heavy (non-hydrogen) atoms. The van der Waals surface area contributed by atoms with Gasteiger partial charge in [-0.15, -0.1) is 0 Å². The minimum Gasteiger partial charge on any atom is -0.397 e. The van der Waals surface area contributed by atoms with Crippen LogP contribution in [0, 0.1) is 0 Å². The van der Waals surface area contributed by atoms with Crippen LogP contribution in [0.5, 0.6) is 0 Å². The third-order valence-electron chi connectivity index (χ3n) is 8.76. The van der Waals surface area contributed by atoms with Crippen molar-refractivity contribution in [1.82, 2.24) is 4.90 Å². The SMILES string of the molecule is Nc1ccccc1NC(=O)CCCCC(=O)Nc1cccc([C@@H]2O[C@H](CN3CCCCCCC3)C[C@H](c3ccc(CO)cc3)O2)c1. The van der Waals surface area contributed by atoms with Crippen molar-refractivity contribution < 1.29 is 24.2 Å². The summed E-state index contributed by atoms with van der Waals surface area (Å²) in [5.74, 6) is -0.224. The van der Waals surface area contributed by atoms with Crippen LogP contribution in [0.2, 0.25) is 0 Å². The molecule has 2 saturated heterocycles. The molecule has 0 unspecified atom stereocenters. The lowest BCUT2D eigenvalue weighted by Gasteiger charge is -2.39. The summed E-state index contributed by atoms with van der Waals surface area (Å²) in [6, 6.07) is 22.8. The van der Waals surface area contributed by atoms with Crippen LogP contribution in [0.3, 0.4) is 0 Å². The number of nitrogens with two attached hydrogens (primary N) is 1. The molecule has 2 fully saturated rings. The van der Waals surface area contributed by atoms with Gasteiger partial charge in [-0.1, -0.05) is 67.8 Å². The maximum absolute atomic E-state index is 12.8. The number of amides is 2. The topological polar surface area (TPSA) is 126 Å². The average Bonchev–Trinajstić information content (AvgIpc) is 3.05. The second-order valence-corrected chi connectivity index (χ2v) is 12.4. The van der Waals surface area contributed by atoms with E-state index in [9.17, 15) is 14.7 Å². The van der Waals surface area contributed by atoms with Gasteiger partial charge >= 0.3 is 0 Å². The number of nitrogens with one attached hydrogen (secondary N) is 2. The molecule has 2 amide bonds. The zero-order valence-electron chi connectivity index (χ0n) is 26.7. The van der Waals surface area contributed by atoms with Gasteiger partial charge in [0, 0.05) is 37.1 Å². The van der Waals surface area contributed by atoms with Gasteiger partial charge in [-0.05, 0) is 74.2 Å². The number of carbonyl (C=O) groups is 2. The molecular formula is C37H48N4O5. The minimum absolute atomic E-state index is 0.00512. The summed E-state index contributed by atoms with van der Waals surface area (Å²) in [4.78, 5) is 27.6. The number of aliphatic hydroxyl groups is 1. The Balaban J connectivity index is 1.17. The molecule has 0 radical (unpaired) electrons. The first-order valence-electron chi connectivity index (χ1n) is 16.7. The molecule has 9 heteroatoms. The Labute approximate surface area is 272 Å². The van der Waals surface area contributed by atoms with Gasteiger partial charge in [0.05, 0.1) is 30.2 Å². The van der Waals surface area contributed by atoms with E-state index < -0.39 is 6.29 Å². The summed E-state index contributed by atoms with van der Waals surface area (Å²) < 4.78 is 13.1. The number of aliphatic hydroxyl groups excluding tert-OH is 1. The van der Waals surface area contributed by atoms with Gasteiger partial charge in [-0.2, -0.15) is 0 Å². The van der Waals surface area contributed by atoms with Gasteiger partial charge in [0.1, 0.15) is 0 Å². The number of nitrogens with zero attached hydrogens (tertiary/aromatic N) is 1. The molecule has 0 bridgehead atoms. The number of para-hydroxylation sites is 2. The van der Waals surface area contributed by atoms with E-state index in [0.717, 1.165) is 42.7 Å². The molecule has 3 atom stereocenters. The Morgan fingerprint density at radius 1 is 0.804 bits per heavy atom. The number of hydrogen-bond acceptors (Lipinski definition) is 7. The van der Waals surface area contributed by atoms with Crippen molar-refractivity contribution in [1.29, 1.82) is 0 Å². The summed E-state index contributed by atoms with van der Waals surface area (Å²) in [5, 5.41) is 15.3. The molecule has 0 aromatic heterocycles. The standard InChI is InChI=1S/C37H48N4O5/c38-32-13-4-5-14-33(32)40-36(44)16-7-6-15-35(43)39-30-12-10-11-29(23-30)37-45-31(25-41-21-8-2-1-3-9-22-41)24-34(46-37)28-19-17-27(26-42)18-20-28/h4-5,10-14,17-20,23,31,34,37,42H,1-3,6-9,15-16,21-22,24-26,38H2,(H,39,43)(H,40,44)/t31-,34+,37+/m0/s1. The number of benzene rings is 3. The fourth-order valence-electron chi connectivity index (χ4n) is 6.20. The minimum atomic E-state index is -0.579. The number of anilines is 3. The van der Waals surface area contributed by atoms with Crippen LogP contribution in [-0.4, -0.2) is 47.6 Å². The van der Waals surface area contributed by atoms with Crippen molar-refractivity contribution >= 4 is 28.9 Å². The number of nitrogen functional groups attached to an aromatic ring is 1. The van der Waals surface area contributed by atoms with Crippen LogP contribution in [0.4, 0.5) is 17.1 Å². The van der Waals surface area contributed by atoms with Crippen molar-refractivity contribution in [2.45, 2.75) is 89.3 Å². The molecule has 2 heterocycles. The van der Waals surface area contributed by atoms with Crippen LogP contribution in [0.15, 0.2) is 72.8 Å². The van der Waals surface area contributed by atoms with Crippen LogP contribution in [0.1, 0.15) is 93.3 Å². The highest BCUT2D eigenvalue weighted by Gasteiger charge is 2.33. The first kappa shape index (κ1) is 33.6. The van der Waals surface area contributed by atoms with Crippen LogP contribution < -0.4 is 16.4 Å². The van der Waals surface area contributed by atoms with Crippen molar-refractivity contribution in [3.8, 4) is 0 Å². The van der Waals surface area contributed by atoms with E-state index in [1.165, 1.54) is 32.1 Å². The maximum Gasteiger partial charge on any atom is 0.224 e. The Hall–Kier alpha value is -3.76. The van der Waals surface area contributed by atoms with Crippen LogP contribution >= 0.6 is 0 Å². The second kappa shape index (κ2) is 17.2. The lowest BCUT2D eigenvalue weighted by atomic mass is 9.99. The highest BCUT2D eigenvalue weighted by atomic mass is 16.7. The molecule has 0 aliphatic carbocycles. The summed E-state index contributed by atoms with van der Waals surface area (Å²) in [5.41, 5.74) is 10.5. The molecule has 246 valence electrons. The number of hydrogen-bond donors (Lipinski definition) is 4. The third-order valence-corrected chi connectivity index (χ3v) is 8.76. The number of rotatable bonds is 12. The van der Waals surface area contributed by atoms with E-state index in [2.05, 4.69) is 15.5 Å². The molecule has 2 aliphatic rings. The maximum atomic E-state index is 12.8. The molecule has 3 aromatic rings. The number of carbonyl (C=O) groups excluding carboxylic acids is 2. The van der Waals surface area contributed by atoms with E-state index in [4.69, 9.17) is 15.2 Å². The highest BCUT2D eigenvalue weighted by Crippen LogP contribution is 2.39. The van der Waals surface area contributed by atoms with E-state index in [-0.39, 0.29) is 30.6 Å². The van der Waals surface area contributed by atoms with Crippen molar-refractivity contribution in [2.75, 3.05) is 36.0 Å². The largest absolute Gasteiger partial charge is 0.397 e. The summed E-state index contributed by atoms with van der Waals surface area (Å²) in [7, 11) is 0. The average molecular weight is 629 g/mol. The van der Waals surface area contributed by atoms with E-state index in [0.29, 0.717) is 42.7 Å². The van der Waals surface area contributed by atoms with Gasteiger partial charge < -0.3 is 35.8 Å². The van der Waals surface area contributed by atoms with Gasteiger partial charge in [-0.3, -0.25) is 9.59 Å². The second-order valence-electron chi connectivity index (χ2n) is 12.4. The molecule has 3 aromatic carbocycles. The summed E-state index contributed by atoms with van der Waals surface area (Å²) in [6.07, 6.45) is 8.15. The van der Waals surface area contributed by atoms with Crippen molar-refractivity contribution in [2.24, 2.45) is 0 Å². The van der Waals surface area contributed by atoms with Crippen molar-refractivity contribution in [3.05, 3.63) is 89.5 Å². The fraction of sp³-hybridized carbons (Fsp3) is 0.459. The first-order chi connectivity index (χ1) is 22.5. The van der Waals surface area contributed by atoms with Crippen LogP contribution in [-0.2, 0) is 25.7 Å². The fourth-order valence-corrected chi connectivity index (χ4v) is 6.20. The number of unbranched alkanes of at least 4 members (excludes halogenated alkanes) is 1. The zero-order chi connectivity index (χ0) is 32.1. The number of likely N-dealkylation sites (tertiary alicyclic amines) is 1. The van der Waals surface area contributed by atoms with Gasteiger partial charge in [0.15, 0.2) is 6.29 Å². The smallest absolute Gasteiger partial charge is 0.224 e. The molecule has 5 N–H and O–H groups in total. The molecule has 9 nitrogen and oxygen atoms in total. The van der Waals surface area contributed by atoms with E-state index in [1.54, 1.807) is 12.1 Å². The van der Waals surface area contributed by atoms with Gasteiger partial charge in [0.2, 0.25) is 11.8 Å². The Morgan fingerprint density at radius 2 is 1.50 bits per heavy atom. The summed E-state index contributed by atoms with van der Waals surface area (Å²) >= 11 is 0. The highest BCUT2D eigenvalue weighted by molar-refractivity contribution is 5.94. The third kappa shape index (κ3) is 10.1. The van der Waals surface area contributed by atoms with E-state index >= 15 is 0 Å². The monoisotopic (exact) mass is 628 g/mol. The molecule has 2 aliphatic heterocycles. The normalized spacial score (nSPS) is 20.8. The Kier molecular flexibility index (Phi) is 12.6. The van der Waals surface area contributed by atoms with Gasteiger partial charge in [-0.25, -0.2) is 0 Å². The predicted molar refractivity (Wildman–Crippen MR) is 181 cm³/mol. The zero-order valence-corrected chi connectivity index (χ0v) is 26.7. The molecular weight excluding hydrogens is 580 g/mol. The predicted octanol–water partition coefficient (Wildman–Crippen LogP) is 6.71. The van der Waals surface area contributed by atoms with Crippen molar-refractivity contribution in [3.63, 3.8) is 0 Å². The lowest BCUT2D eigenvalue weighted by Crippen LogP contribution is -2.40. The molecule has 0 saturated carbocycles. The Morgan fingerprint density at radius 3 is 2.22 bits per heavy atom. The first-order valence-corrected chi connectivity index (χ1v) is 16.7. The number of ether oxygens (including phenoxy) is 2. The van der Waals surface area contributed by atoms with Crippen LogP contribution in [0.25, 0.3) is 0 Å². The molecule has 0 spiro atoms. The van der Waals surface area contributed by atoms with E-state index in [1.807, 2.05) is 60.7 Å². The van der Waals surface area contributed by atoms with Gasteiger partial charge in [0.25, 0.3) is 0 Å². The quantitative estimate of drug-likeness (QED) is 0.130. The molecule has 5 rings (SSSR count).